The molecule has 1 aromatic rings. The van der Waals surface area contributed by atoms with Crippen LogP contribution in [0, 0.1) is 16.7 Å². The van der Waals surface area contributed by atoms with E-state index >= 15 is 0 Å². The Morgan fingerprint density at radius 2 is 1.88 bits per heavy atom. The van der Waals surface area contributed by atoms with Crippen LogP contribution in [0.25, 0.3) is 0 Å². The van der Waals surface area contributed by atoms with Gasteiger partial charge in [-0.15, -0.1) is 0 Å². The number of hydrogen-bond donors (Lipinski definition) is 0. The molecule has 1 aromatic carbocycles. The molecule has 9 nitrogen and oxygen atoms in total. The molecule has 0 saturated carbocycles. The van der Waals surface area contributed by atoms with Gasteiger partial charge in [0.25, 0.3) is 0 Å². The van der Waals surface area contributed by atoms with E-state index in [0.717, 1.165) is 18.7 Å². The molecule has 3 saturated heterocycles. The monoisotopic (exact) mass is 440 g/mol. The van der Waals surface area contributed by atoms with E-state index < -0.39 is 23.5 Å². The molecule has 5 rings (SSSR count). The molecule has 4 unspecified atom stereocenters. The Balaban J connectivity index is 1.42. The molecule has 32 heavy (non-hydrogen) atoms. The lowest BCUT2D eigenvalue weighted by molar-refractivity contribution is -0.161. The van der Waals surface area contributed by atoms with Crippen molar-refractivity contribution in [3.63, 3.8) is 0 Å². The zero-order valence-electron chi connectivity index (χ0n) is 18.5. The molecule has 170 valence electrons. The van der Waals surface area contributed by atoms with E-state index in [4.69, 9.17) is 14.2 Å². The number of piperazine rings is 1. The molecule has 0 aliphatic carbocycles. The Kier molecular flexibility index (Phi) is 5.22. The summed E-state index contributed by atoms with van der Waals surface area (Å²) in [6, 6.07) is 6.18. The highest BCUT2D eigenvalue weighted by atomic mass is 16.7. The van der Waals surface area contributed by atoms with Crippen molar-refractivity contribution in [1.29, 1.82) is 5.26 Å². The lowest BCUT2D eigenvalue weighted by Gasteiger charge is -2.44. The minimum Gasteiger partial charge on any atom is -0.454 e. The van der Waals surface area contributed by atoms with Gasteiger partial charge in [-0.1, -0.05) is 6.07 Å². The van der Waals surface area contributed by atoms with Gasteiger partial charge in [0.1, 0.15) is 12.1 Å². The van der Waals surface area contributed by atoms with Crippen molar-refractivity contribution in [3.05, 3.63) is 23.8 Å². The van der Waals surface area contributed by atoms with Crippen LogP contribution in [-0.2, 0) is 14.3 Å². The topological polar surface area (TPSA) is 95.3 Å². The zero-order chi connectivity index (χ0) is 22.5. The van der Waals surface area contributed by atoms with Crippen LogP contribution in [-0.4, -0.2) is 84.8 Å². The van der Waals surface area contributed by atoms with Crippen molar-refractivity contribution in [2.45, 2.75) is 38.4 Å². The number of ether oxygens (including phenoxy) is 3. The lowest BCUT2D eigenvalue weighted by Crippen LogP contribution is -2.63. The molecular formula is C23H28N4O5. The minimum absolute atomic E-state index is 0.0740. The number of morpholine rings is 1. The quantitative estimate of drug-likeness (QED) is 0.693. The molecule has 4 atom stereocenters. The standard InChI is InChI=1S/C23H28N4O5/c1-15-21(28)27-17(22(29)26(15)6-5-25-7-9-30-10-8-25)12-23(2,13-24)20(27)16-3-4-18-19(11-16)32-14-31-18/h3-4,11,15,17,20H,5-10,12,14H2,1-2H3. The van der Waals surface area contributed by atoms with Crippen molar-refractivity contribution < 1.29 is 23.8 Å². The summed E-state index contributed by atoms with van der Waals surface area (Å²) in [5.74, 6) is 1.06. The second-order valence-corrected chi connectivity index (χ2v) is 9.17. The number of nitrogens with zero attached hydrogens (tertiary/aromatic N) is 4. The lowest BCUT2D eigenvalue weighted by atomic mass is 9.79. The molecule has 0 radical (unpaired) electrons. The van der Waals surface area contributed by atoms with E-state index in [1.54, 1.807) is 22.8 Å². The molecule has 0 bridgehead atoms. The number of fused-ring (bicyclic) bond motifs is 2. The third kappa shape index (κ3) is 3.29. The fraction of sp³-hybridized carbons (Fsp3) is 0.609. The van der Waals surface area contributed by atoms with Crippen LogP contribution >= 0.6 is 0 Å². The molecular weight excluding hydrogens is 412 g/mol. The maximum absolute atomic E-state index is 13.6. The smallest absolute Gasteiger partial charge is 0.246 e. The highest BCUT2D eigenvalue weighted by Gasteiger charge is 2.59. The first-order valence-electron chi connectivity index (χ1n) is 11.2. The fourth-order valence-corrected chi connectivity index (χ4v) is 5.41. The number of carbonyl (C=O) groups excluding carboxylic acids is 2. The molecule has 4 aliphatic heterocycles. The molecule has 0 spiro atoms. The average molecular weight is 441 g/mol. The SMILES string of the molecule is CC1C(=O)N2C(CC(C)(C#N)C2c2ccc3c(c2)OCO3)C(=O)N1CCN1CCOCC1. The second kappa shape index (κ2) is 7.94. The van der Waals surface area contributed by atoms with Gasteiger partial charge >= 0.3 is 0 Å². The van der Waals surface area contributed by atoms with Gasteiger partial charge in [0, 0.05) is 26.2 Å². The number of nitriles is 1. The Morgan fingerprint density at radius 3 is 2.62 bits per heavy atom. The molecule has 2 amide bonds. The van der Waals surface area contributed by atoms with Crippen molar-refractivity contribution in [2.24, 2.45) is 5.41 Å². The molecule has 4 aliphatic rings. The third-order valence-corrected chi connectivity index (χ3v) is 7.21. The first kappa shape index (κ1) is 21.0. The summed E-state index contributed by atoms with van der Waals surface area (Å²) in [4.78, 5) is 32.7. The van der Waals surface area contributed by atoms with Gasteiger partial charge in [-0.05, 0) is 38.0 Å². The maximum Gasteiger partial charge on any atom is 0.246 e. The molecule has 0 aromatic heterocycles. The van der Waals surface area contributed by atoms with Gasteiger partial charge in [-0.3, -0.25) is 14.5 Å². The van der Waals surface area contributed by atoms with Gasteiger partial charge in [-0.25, -0.2) is 0 Å². The summed E-state index contributed by atoms with van der Waals surface area (Å²) in [5.41, 5.74) is -0.0974. The fourth-order valence-electron chi connectivity index (χ4n) is 5.41. The summed E-state index contributed by atoms with van der Waals surface area (Å²) in [6.45, 7) is 8.02. The number of benzene rings is 1. The zero-order valence-corrected chi connectivity index (χ0v) is 18.5. The van der Waals surface area contributed by atoms with Crippen molar-refractivity contribution >= 4 is 11.8 Å². The second-order valence-electron chi connectivity index (χ2n) is 9.17. The molecule has 3 fully saturated rings. The third-order valence-electron chi connectivity index (χ3n) is 7.21. The van der Waals surface area contributed by atoms with Gasteiger partial charge < -0.3 is 24.0 Å². The first-order valence-corrected chi connectivity index (χ1v) is 11.2. The summed E-state index contributed by atoms with van der Waals surface area (Å²) in [6.07, 6.45) is 0.313. The number of amides is 2. The van der Waals surface area contributed by atoms with E-state index in [0.29, 0.717) is 44.2 Å². The Morgan fingerprint density at radius 1 is 1.12 bits per heavy atom. The van der Waals surface area contributed by atoms with E-state index in [1.165, 1.54) is 0 Å². The predicted molar refractivity (Wildman–Crippen MR) is 113 cm³/mol. The molecule has 0 N–H and O–H groups in total. The van der Waals surface area contributed by atoms with E-state index in [2.05, 4.69) is 11.0 Å². The highest BCUT2D eigenvalue weighted by molar-refractivity contribution is 5.98. The van der Waals surface area contributed by atoms with Gasteiger partial charge in [0.05, 0.1) is 30.7 Å². The van der Waals surface area contributed by atoms with Crippen LogP contribution in [0.3, 0.4) is 0 Å². The predicted octanol–water partition coefficient (Wildman–Crippen LogP) is 1.15. The van der Waals surface area contributed by atoms with Crippen LogP contribution in [0.2, 0.25) is 0 Å². The van der Waals surface area contributed by atoms with E-state index in [1.807, 2.05) is 19.1 Å². The van der Waals surface area contributed by atoms with Crippen LogP contribution in [0.15, 0.2) is 18.2 Å². The number of rotatable bonds is 4. The first-order chi connectivity index (χ1) is 15.4. The van der Waals surface area contributed by atoms with Crippen molar-refractivity contribution in [2.75, 3.05) is 46.2 Å². The van der Waals surface area contributed by atoms with Crippen molar-refractivity contribution in [1.82, 2.24) is 14.7 Å². The largest absolute Gasteiger partial charge is 0.454 e. The van der Waals surface area contributed by atoms with Gasteiger partial charge in [0.15, 0.2) is 11.5 Å². The van der Waals surface area contributed by atoms with Crippen LogP contribution in [0.4, 0.5) is 0 Å². The average Bonchev–Trinajstić information content (AvgIpc) is 3.40. The molecule has 9 heteroatoms. The normalized spacial score (nSPS) is 32.2. The maximum atomic E-state index is 13.6. The summed E-state index contributed by atoms with van der Waals surface area (Å²) in [5, 5.41) is 10.1. The summed E-state index contributed by atoms with van der Waals surface area (Å²) < 4.78 is 16.3. The van der Waals surface area contributed by atoms with Gasteiger partial charge in [0.2, 0.25) is 18.6 Å². The highest BCUT2D eigenvalue weighted by Crippen LogP contribution is 2.52. The number of carbonyl (C=O) groups is 2. The van der Waals surface area contributed by atoms with Crippen LogP contribution < -0.4 is 9.47 Å². The Labute approximate surface area is 187 Å². The summed E-state index contributed by atoms with van der Waals surface area (Å²) >= 11 is 0. The summed E-state index contributed by atoms with van der Waals surface area (Å²) in [7, 11) is 0. The number of hydrogen-bond acceptors (Lipinski definition) is 7. The van der Waals surface area contributed by atoms with E-state index in [-0.39, 0.29) is 18.6 Å². The van der Waals surface area contributed by atoms with Crippen LogP contribution in [0.1, 0.15) is 31.9 Å². The Hall–Kier alpha value is -2.83. The Bertz CT molecular complexity index is 972. The van der Waals surface area contributed by atoms with Crippen molar-refractivity contribution in [3.8, 4) is 17.6 Å². The van der Waals surface area contributed by atoms with Gasteiger partial charge in [-0.2, -0.15) is 5.26 Å². The molecule has 4 heterocycles. The van der Waals surface area contributed by atoms with Crippen LogP contribution in [0.5, 0.6) is 11.5 Å². The van der Waals surface area contributed by atoms with E-state index in [9.17, 15) is 14.9 Å². The minimum atomic E-state index is -0.885.